The number of hydrogen-bond acceptors (Lipinski definition) is 4. The molecular weight excluding hydrogens is 440 g/mol. The number of nitrogens with one attached hydrogen (secondary N) is 1. The largest absolute Gasteiger partial charge is 0.312 e. The van der Waals surface area contributed by atoms with E-state index in [1.807, 2.05) is 35.2 Å². The predicted octanol–water partition coefficient (Wildman–Crippen LogP) is 5.08. The standard InChI is InChI=1S/C25H24N2O3S2/c28-25(19-8-9-19)27-15-14-20-16-23(12-13-24(20)27)32(29,30)26-21-10-6-18(7-11-21)17-31-22-4-2-1-3-5-22/h1-7,10-13,16,19,26H,8-9,14-15,17H2. The topological polar surface area (TPSA) is 66.5 Å². The van der Waals surface area contributed by atoms with Crippen molar-refractivity contribution < 1.29 is 13.2 Å². The van der Waals surface area contributed by atoms with Crippen molar-refractivity contribution in [1.82, 2.24) is 0 Å². The molecule has 1 fully saturated rings. The third kappa shape index (κ3) is 4.54. The number of amides is 1. The second-order valence-electron chi connectivity index (χ2n) is 8.21. The minimum atomic E-state index is -3.70. The molecule has 0 radical (unpaired) electrons. The first-order valence-corrected chi connectivity index (χ1v) is 13.2. The van der Waals surface area contributed by atoms with Crippen molar-refractivity contribution in [3.05, 3.63) is 83.9 Å². The molecule has 2 aliphatic rings. The Morgan fingerprint density at radius 1 is 1.00 bits per heavy atom. The zero-order valence-electron chi connectivity index (χ0n) is 17.5. The summed E-state index contributed by atoms with van der Waals surface area (Å²) in [5.74, 6) is 1.14. The van der Waals surface area contributed by atoms with Gasteiger partial charge in [-0.2, -0.15) is 0 Å². The second kappa shape index (κ2) is 8.64. The van der Waals surface area contributed by atoms with E-state index in [1.165, 1.54) is 4.90 Å². The maximum Gasteiger partial charge on any atom is 0.261 e. The van der Waals surface area contributed by atoms with E-state index in [-0.39, 0.29) is 16.7 Å². The maximum atomic E-state index is 12.9. The Balaban J connectivity index is 1.25. The summed E-state index contributed by atoms with van der Waals surface area (Å²) < 4.78 is 28.5. The van der Waals surface area contributed by atoms with Crippen LogP contribution in [0.25, 0.3) is 0 Å². The summed E-state index contributed by atoms with van der Waals surface area (Å²) in [7, 11) is -3.70. The lowest BCUT2D eigenvalue weighted by Gasteiger charge is -2.17. The minimum Gasteiger partial charge on any atom is -0.312 e. The molecule has 1 aliphatic carbocycles. The maximum absolute atomic E-state index is 12.9. The van der Waals surface area contributed by atoms with Gasteiger partial charge in [0.25, 0.3) is 10.0 Å². The molecule has 0 bridgehead atoms. The van der Waals surface area contributed by atoms with Gasteiger partial charge in [0.15, 0.2) is 0 Å². The first kappa shape index (κ1) is 21.1. The van der Waals surface area contributed by atoms with Gasteiger partial charge in [0.2, 0.25) is 5.91 Å². The average Bonchev–Trinajstić information content (AvgIpc) is 3.57. The molecule has 7 heteroatoms. The van der Waals surface area contributed by atoms with Gasteiger partial charge in [0, 0.05) is 34.5 Å². The molecule has 1 N–H and O–H groups in total. The average molecular weight is 465 g/mol. The van der Waals surface area contributed by atoms with Crippen molar-refractivity contribution in [2.45, 2.75) is 34.8 Å². The summed E-state index contributed by atoms with van der Waals surface area (Å²) in [5, 5.41) is 0. The molecule has 0 unspecified atom stereocenters. The summed E-state index contributed by atoms with van der Waals surface area (Å²) >= 11 is 1.74. The summed E-state index contributed by atoms with van der Waals surface area (Å²) in [4.78, 5) is 15.7. The summed E-state index contributed by atoms with van der Waals surface area (Å²) in [5.41, 5.74) is 3.42. The van der Waals surface area contributed by atoms with E-state index in [4.69, 9.17) is 0 Å². The van der Waals surface area contributed by atoms with Gasteiger partial charge in [-0.1, -0.05) is 30.3 Å². The molecule has 1 amide bonds. The molecule has 164 valence electrons. The van der Waals surface area contributed by atoms with Gasteiger partial charge in [0.05, 0.1) is 4.90 Å². The highest BCUT2D eigenvalue weighted by molar-refractivity contribution is 7.98. The van der Waals surface area contributed by atoms with E-state index >= 15 is 0 Å². The predicted molar refractivity (Wildman–Crippen MR) is 128 cm³/mol. The Morgan fingerprint density at radius 3 is 2.47 bits per heavy atom. The van der Waals surface area contributed by atoms with Crippen LogP contribution in [0.15, 0.2) is 82.6 Å². The van der Waals surface area contributed by atoms with Crippen LogP contribution in [0, 0.1) is 5.92 Å². The highest BCUT2D eigenvalue weighted by Crippen LogP contribution is 2.37. The summed E-state index contributed by atoms with van der Waals surface area (Å²) in [6.07, 6.45) is 2.61. The molecular formula is C25H24N2O3S2. The van der Waals surface area contributed by atoms with Crippen molar-refractivity contribution in [2.75, 3.05) is 16.2 Å². The van der Waals surface area contributed by atoms with Crippen LogP contribution in [-0.2, 0) is 27.0 Å². The molecule has 1 aliphatic heterocycles. The number of benzene rings is 3. The third-order valence-corrected chi connectivity index (χ3v) is 8.27. The fourth-order valence-corrected chi connectivity index (χ4v) is 5.88. The van der Waals surface area contributed by atoms with Gasteiger partial charge in [-0.25, -0.2) is 8.42 Å². The van der Waals surface area contributed by atoms with Crippen LogP contribution in [0.2, 0.25) is 0 Å². The van der Waals surface area contributed by atoms with E-state index in [0.29, 0.717) is 18.7 Å². The molecule has 3 aromatic rings. The SMILES string of the molecule is O=C(C1CC1)N1CCc2cc(S(=O)(=O)Nc3ccc(CSc4ccccc4)cc3)ccc21. The van der Waals surface area contributed by atoms with Gasteiger partial charge < -0.3 is 4.90 Å². The fourth-order valence-electron chi connectivity index (χ4n) is 3.89. The van der Waals surface area contributed by atoms with E-state index in [9.17, 15) is 13.2 Å². The van der Waals surface area contributed by atoms with Crippen molar-refractivity contribution in [2.24, 2.45) is 5.92 Å². The second-order valence-corrected chi connectivity index (χ2v) is 10.9. The van der Waals surface area contributed by atoms with Crippen LogP contribution >= 0.6 is 11.8 Å². The Hall–Kier alpha value is -2.77. The van der Waals surface area contributed by atoms with Gasteiger partial charge in [-0.15, -0.1) is 11.8 Å². The van der Waals surface area contributed by atoms with Crippen LogP contribution in [0.3, 0.4) is 0 Å². The molecule has 0 spiro atoms. The molecule has 5 nitrogen and oxygen atoms in total. The minimum absolute atomic E-state index is 0.153. The monoisotopic (exact) mass is 464 g/mol. The van der Waals surface area contributed by atoms with Gasteiger partial charge >= 0.3 is 0 Å². The molecule has 0 aromatic heterocycles. The molecule has 5 rings (SSSR count). The lowest BCUT2D eigenvalue weighted by molar-refractivity contribution is -0.119. The van der Waals surface area contributed by atoms with E-state index in [1.54, 1.807) is 42.1 Å². The number of nitrogens with zero attached hydrogens (tertiary/aromatic N) is 1. The normalized spacial score (nSPS) is 15.4. The number of hydrogen-bond donors (Lipinski definition) is 1. The first-order chi connectivity index (χ1) is 15.5. The smallest absolute Gasteiger partial charge is 0.261 e. The van der Waals surface area contributed by atoms with Crippen LogP contribution in [0.4, 0.5) is 11.4 Å². The zero-order chi connectivity index (χ0) is 22.1. The molecule has 3 aromatic carbocycles. The summed E-state index contributed by atoms with van der Waals surface area (Å²) in [6.45, 7) is 0.629. The number of carbonyl (C=O) groups excluding carboxylic acids is 1. The quantitative estimate of drug-likeness (QED) is 0.495. The molecule has 0 atom stereocenters. The molecule has 1 heterocycles. The number of sulfonamides is 1. The van der Waals surface area contributed by atoms with Crippen LogP contribution in [0.5, 0.6) is 0 Å². The third-order valence-electron chi connectivity index (χ3n) is 5.80. The zero-order valence-corrected chi connectivity index (χ0v) is 19.2. The molecule has 0 saturated heterocycles. The Bertz CT molecular complexity index is 1240. The number of fused-ring (bicyclic) bond motifs is 1. The summed E-state index contributed by atoms with van der Waals surface area (Å²) in [6, 6.07) is 22.7. The first-order valence-electron chi connectivity index (χ1n) is 10.7. The Labute approximate surface area is 192 Å². The number of carbonyl (C=O) groups is 1. The van der Waals surface area contributed by atoms with Gasteiger partial charge in [-0.3, -0.25) is 9.52 Å². The highest BCUT2D eigenvalue weighted by Gasteiger charge is 2.36. The van der Waals surface area contributed by atoms with Crippen LogP contribution in [-0.4, -0.2) is 20.9 Å². The number of rotatable bonds is 7. The van der Waals surface area contributed by atoms with Crippen molar-refractivity contribution >= 4 is 39.1 Å². The Kier molecular flexibility index (Phi) is 5.69. The lowest BCUT2D eigenvalue weighted by Crippen LogP contribution is -2.30. The number of thioether (sulfide) groups is 1. The van der Waals surface area contributed by atoms with Crippen LogP contribution < -0.4 is 9.62 Å². The van der Waals surface area contributed by atoms with Gasteiger partial charge in [0.1, 0.15) is 0 Å². The van der Waals surface area contributed by atoms with Gasteiger partial charge in [-0.05, 0) is 72.9 Å². The Morgan fingerprint density at radius 2 is 1.75 bits per heavy atom. The van der Waals surface area contributed by atoms with Crippen molar-refractivity contribution in [1.29, 1.82) is 0 Å². The van der Waals surface area contributed by atoms with Crippen molar-refractivity contribution in [3.63, 3.8) is 0 Å². The van der Waals surface area contributed by atoms with E-state index < -0.39 is 10.0 Å². The van der Waals surface area contributed by atoms with Crippen LogP contribution in [0.1, 0.15) is 24.0 Å². The van der Waals surface area contributed by atoms with Crippen molar-refractivity contribution in [3.8, 4) is 0 Å². The number of anilines is 2. The fraction of sp³-hybridized carbons (Fsp3) is 0.240. The molecule has 1 saturated carbocycles. The van der Waals surface area contributed by atoms with E-state index in [2.05, 4.69) is 16.9 Å². The highest BCUT2D eigenvalue weighted by atomic mass is 32.2. The molecule has 32 heavy (non-hydrogen) atoms. The lowest BCUT2D eigenvalue weighted by atomic mass is 10.2. The van der Waals surface area contributed by atoms with E-state index in [0.717, 1.165) is 35.4 Å².